The van der Waals surface area contributed by atoms with Crippen LogP contribution in [0.4, 0.5) is 0 Å². The average molecular weight is 273 g/mol. The maximum atomic E-state index is 12.3. The Morgan fingerprint density at radius 2 is 2.15 bits per heavy atom. The largest absolute Gasteiger partial charge is 0.396 e. The first-order valence-electron chi connectivity index (χ1n) is 7.75. The number of benzene rings is 1. The molecule has 1 N–H and O–H groups in total. The number of rotatable bonds is 4. The van der Waals surface area contributed by atoms with Crippen LogP contribution in [0.3, 0.4) is 0 Å². The molecule has 0 saturated carbocycles. The molecule has 0 spiro atoms. The molecule has 20 heavy (non-hydrogen) atoms. The minimum absolute atomic E-state index is 0.234. The van der Waals surface area contributed by atoms with Gasteiger partial charge in [-0.15, -0.1) is 0 Å². The van der Waals surface area contributed by atoms with Crippen LogP contribution in [0.15, 0.2) is 18.2 Å². The fourth-order valence-electron chi connectivity index (χ4n) is 3.50. The van der Waals surface area contributed by atoms with Crippen molar-refractivity contribution in [2.75, 3.05) is 19.7 Å². The molecule has 0 aromatic heterocycles. The van der Waals surface area contributed by atoms with Crippen LogP contribution in [0, 0.1) is 5.92 Å². The number of aliphatic hydroxyl groups is 1. The van der Waals surface area contributed by atoms with E-state index < -0.39 is 0 Å². The fourth-order valence-corrected chi connectivity index (χ4v) is 3.50. The van der Waals surface area contributed by atoms with Crippen LogP contribution < -0.4 is 0 Å². The maximum Gasteiger partial charge on any atom is 0.226 e. The second-order valence-electron chi connectivity index (χ2n) is 6.14. The summed E-state index contributed by atoms with van der Waals surface area (Å²) in [5.41, 5.74) is 4.06. The summed E-state index contributed by atoms with van der Waals surface area (Å²) in [5.74, 6) is 0.729. The highest BCUT2D eigenvalue weighted by Crippen LogP contribution is 2.24. The second kappa shape index (κ2) is 5.96. The second-order valence-corrected chi connectivity index (χ2v) is 6.14. The molecular weight excluding hydrogens is 250 g/mol. The molecule has 1 aromatic carbocycles. The number of aryl methyl sites for hydroxylation is 2. The molecule has 3 heteroatoms. The van der Waals surface area contributed by atoms with Crippen LogP contribution in [0.2, 0.25) is 0 Å². The molecule has 1 fully saturated rings. The first-order chi connectivity index (χ1) is 9.76. The summed E-state index contributed by atoms with van der Waals surface area (Å²) < 4.78 is 0. The van der Waals surface area contributed by atoms with Crippen molar-refractivity contribution in [2.45, 2.75) is 38.5 Å². The Morgan fingerprint density at radius 1 is 1.30 bits per heavy atom. The van der Waals surface area contributed by atoms with Crippen LogP contribution in [0.1, 0.15) is 36.0 Å². The lowest BCUT2D eigenvalue weighted by Crippen LogP contribution is -2.30. The number of hydrogen-bond donors (Lipinski definition) is 1. The number of amides is 1. The van der Waals surface area contributed by atoms with Gasteiger partial charge in [0.25, 0.3) is 0 Å². The lowest BCUT2D eigenvalue weighted by Gasteiger charge is -2.16. The molecule has 1 atom stereocenters. The van der Waals surface area contributed by atoms with E-state index in [0.29, 0.717) is 12.3 Å². The minimum atomic E-state index is 0.234. The van der Waals surface area contributed by atoms with Crippen LogP contribution in [-0.4, -0.2) is 35.6 Å². The van der Waals surface area contributed by atoms with Crippen molar-refractivity contribution in [3.8, 4) is 0 Å². The van der Waals surface area contributed by atoms with Gasteiger partial charge in [-0.3, -0.25) is 4.79 Å². The van der Waals surface area contributed by atoms with E-state index in [0.717, 1.165) is 31.5 Å². The predicted molar refractivity (Wildman–Crippen MR) is 78.6 cm³/mol. The standard InChI is InChI=1S/C17H23NO2/c19-9-7-13-6-8-18(12-13)17(20)11-14-4-5-15-2-1-3-16(15)10-14/h4-5,10,13,19H,1-3,6-9,11-12H2. The van der Waals surface area contributed by atoms with E-state index in [1.165, 1.54) is 30.4 Å². The number of carbonyl (C=O) groups is 1. The van der Waals surface area contributed by atoms with Crippen molar-refractivity contribution in [1.29, 1.82) is 0 Å². The maximum absolute atomic E-state index is 12.3. The summed E-state index contributed by atoms with van der Waals surface area (Å²) in [7, 11) is 0. The fraction of sp³-hybridized carbons (Fsp3) is 0.588. The summed E-state index contributed by atoms with van der Waals surface area (Å²) in [6, 6.07) is 6.54. The zero-order valence-corrected chi connectivity index (χ0v) is 12.0. The molecule has 1 aliphatic heterocycles. The van der Waals surface area contributed by atoms with Crippen molar-refractivity contribution in [1.82, 2.24) is 4.90 Å². The Labute approximate surface area is 120 Å². The van der Waals surface area contributed by atoms with Crippen LogP contribution in [0.5, 0.6) is 0 Å². The summed E-state index contributed by atoms with van der Waals surface area (Å²) in [6.45, 7) is 1.91. The molecule has 1 unspecified atom stereocenters. The van der Waals surface area contributed by atoms with Crippen molar-refractivity contribution in [2.24, 2.45) is 5.92 Å². The molecule has 2 aliphatic rings. The summed E-state index contributed by atoms with van der Waals surface area (Å²) in [5, 5.41) is 8.97. The molecule has 0 radical (unpaired) electrons. The molecule has 3 nitrogen and oxygen atoms in total. The van der Waals surface area contributed by atoms with Gasteiger partial charge in [-0.1, -0.05) is 18.2 Å². The van der Waals surface area contributed by atoms with E-state index in [2.05, 4.69) is 18.2 Å². The third-order valence-electron chi connectivity index (χ3n) is 4.69. The Balaban J connectivity index is 1.59. The van der Waals surface area contributed by atoms with Crippen molar-refractivity contribution < 1.29 is 9.90 Å². The predicted octanol–water partition coefficient (Wildman–Crippen LogP) is 1.95. The lowest BCUT2D eigenvalue weighted by atomic mass is 10.0. The number of carbonyl (C=O) groups excluding carboxylic acids is 1. The highest BCUT2D eigenvalue weighted by atomic mass is 16.3. The highest BCUT2D eigenvalue weighted by Gasteiger charge is 2.25. The van der Waals surface area contributed by atoms with E-state index >= 15 is 0 Å². The van der Waals surface area contributed by atoms with Gasteiger partial charge in [0, 0.05) is 19.7 Å². The molecule has 1 heterocycles. The van der Waals surface area contributed by atoms with E-state index in [1.807, 2.05) is 4.90 Å². The summed E-state index contributed by atoms with van der Waals surface area (Å²) in [6.07, 6.45) is 6.00. The molecule has 1 saturated heterocycles. The summed E-state index contributed by atoms with van der Waals surface area (Å²) >= 11 is 0. The number of aliphatic hydroxyl groups excluding tert-OH is 1. The topological polar surface area (TPSA) is 40.5 Å². The first kappa shape index (κ1) is 13.6. The van der Waals surface area contributed by atoms with Crippen molar-refractivity contribution in [3.63, 3.8) is 0 Å². The van der Waals surface area contributed by atoms with Crippen molar-refractivity contribution in [3.05, 3.63) is 34.9 Å². The quantitative estimate of drug-likeness (QED) is 0.911. The normalized spacial score (nSPS) is 21.2. The SMILES string of the molecule is O=C(Cc1ccc2c(c1)CCC2)N1CCC(CCO)C1. The van der Waals surface area contributed by atoms with Gasteiger partial charge in [0.2, 0.25) is 5.91 Å². The van der Waals surface area contributed by atoms with E-state index in [-0.39, 0.29) is 12.5 Å². The third kappa shape index (κ3) is 2.88. The minimum Gasteiger partial charge on any atom is -0.396 e. The Morgan fingerprint density at radius 3 is 3.00 bits per heavy atom. The van der Waals surface area contributed by atoms with Gasteiger partial charge in [-0.2, -0.15) is 0 Å². The Bertz CT molecular complexity index is 498. The smallest absolute Gasteiger partial charge is 0.226 e. The molecule has 1 aliphatic carbocycles. The number of nitrogens with zero attached hydrogens (tertiary/aromatic N) is 1. The molecule has 1 amide bonds. The van der Waals surface area contributed by atoms with Gasteiger partial charge in [-0.25, -0.2) is 0 Å². The third-order valence-corrected chi connectivity index (χ3v) is 4.69. The van der Waals surface area contributed by atoms with E-state index in [9.17, 15) is 4.79 Å². The zero-order chi connectivity index (χ0) is 13.9. The molecule has 0 bridgehead atoms. The van der Waals surface area contributed by atoms with Gasteiger partial charge in [0.1, 0.15) is 0 Å². The van der Waals surface area contributed by atoms with Gasteiger partial charge in [0.05, 0.1) is 6.42 Å². The zero-order valence-electron chi connectivity index (χ0n) is 12.0. The van der Waals surface area contributed by atoms with Gasteiger partial charge >= 0.3 is 0 Å². The Hall–Kier alpha value is -1.35. The average Bonchev–Trinajstić information content (AvgIpc) is 3.07. The van der Waals surface area contributed by atoms with Crippen LogP contribution in [0.25, 0.3) is 0 Å². The highest BCUT2D eigenvalue weighted by molar-refractivity contribution is 5.79. The van der Waals surface area contributed by atoms with Gasteiger partial charge in [-0.05, 0) is 54.7 Å². The van der Waals surface area contributed by atoms with Gasteiger partial charge < -0.3 is 10.0 Å². The molecule has 108 valence electrons. The van der Waals surface area contributed by atoms with E-state index in [4.69, 9.17) is 5.11 Å². The van der Waals surface area contributed by atoms with Crippen molar-refractivity contribution >= 4 is 5.91 Å². The molecular formula is C17H23NO2. The summed E-state index contributed by atoms with van der Waals surface area (Å²) in [4.78, 5) is 14.3. The van der Waals surface area contributed by atoms with E-state index in [1.54, 1.807) is 0 Å². The monoisotopic (exact) mass is 273 g/mol. The molecule has 3 rings (SSSR count). The lowest BCUT2D eigenvalue weighted by molar-refractivity contribution is -0.129. The first-order valence-corrected chi connectivity index (χ1v) is 7.75. The Kier molecular flexibility index (Phi) is 4.06. The number of likely N-dealkylation sites (tertiary alicyclic amines) is 1. The molecule has 1 aromatic rings. The van der Waals surface area contributed by atoms with Gasteiger partial charge in [0.15, 0.2) is 0 Å². The number of hydrogen-bond acceptors (Lipinski definition) is 2. The number of fused-ring (bicyclic) bond motifs is 1. The van der Waals surface area contributed by atoms with Crippen LogP contribution in [-0.2, 0) is 24.1 Å². The van der Waals surface area contributed by atoms with Crippen LogP contribution >= 0.6 is 0 Å².